The molecule has 38 heavy (non-hydrogen) atoms. The summed E-state index contributed by atoms with van der Waals surface area (Å²) in [5, 5.41) is 22.8. The summed E-state index contributed by atoms with van der Waals surface area (Å²) in [7, 11) is 5.05. The molecule has 0 bridgehead atoms. The first-order valence-corrected chi connectivity index (χ1v) is 12.6. The van der Waals surface area contributed by atoms with Crippen molar-refractivity contribution in [1.82, 2.24) is 0 Å². The summed E-state index contributed by atoms with van der Waals surface area (Å²) in [5.74, 6) is 0. The predicted octanol–water partition coefficient (Wildman–Crippen LogP) is 5.57. The highest BCUT2D eigenvalue weighted by atomic mass is 16.5. The third kappa shape index (κ3) is 7.05. The van der Waals surface area contributed by atoms with Gasteiger partial charge in [0.05, 0.1) is 39.6 Å². The summed E-state index contributed by atoms with van der Waals surface area (Å²) < 4.78 is 22.2. The van der Waals surface area contributed by atoms with Crippen LogP contribution in [0.3, 0.4) is 0 Å². The standard InChI is InChI=1S/C32H36O6/c1-35-17-24-9-25(14-29(13-24)32(34)27-6-4-5-22(10-27)16-33)20-38-19-23-7-8-31-28(11-23)12-26(18-36-2)15-30(31)21-37-3/h4-15,32-34H,16-21H2,1-3H3. The number of methoxy groups -OCH3 is 3. The molecule has 0 radical (unpaired) electrons. The Balaban J connectivity index is 1.51. The molecule has 6 nitrogen and oxygen atoms in total. The monoisotopic (exact) mass is 516 g/mol. The molecule has 0 saturated carbocycles. The van der Waals surface area contributed by atoms with Gasteiger partial charge in [-0.2, -0.15) is 0 Å². The second-order valence-corrected chi connectivity index (χ2v) is 9.49. The van der Waals surface area contributed by atoms with Gasteiger partial charge in [0.25, 0.3) is 0 Å². The van der Waals surface area contributed by atoms with Gasteiger partial charge in [0, 0.05) is 21.3 Å². The Morgan fingerprint density at radius 1 is 0.605 bits per heavy atom. The zero-order chi connectivity index (χ0) is 26.9. The molecule has 0 aliphatic rings. The number of hydrogen-bond donors (Lipinski definition) is 2. The zero-order valence-electron chi connectivity index (χ0n) is 22.3. The molecule has 6 heteroatoms. The van der Waals surface area contributed by atoms with Gasteiger partial charge in [-0.25, -0.2) is 0 Å². The second kappa shape index (κ2) is 13.6. The molecule has 1 atom stereocenters. The number of rotatable bonds is 13. The molecule has 4 aromatic carbocycles. The van der Waals surface area contributed by atoms with Crippen LogP contribution >= 0.6 is 0 Å². The maximum atomic E-state index is 11.1. The molecule has 0 fully saturated rings. The van der Waals surface area contributed by atoms with Gasteiger partial charge < -0.3 is 29.2 Å². The van der Waals surface area contributed by atoms with Gasteiger partial charge in [0.2, 0.25) is 0 Å². The third-order valence-electron chi connectivity index (χ3n) is 6.46. The lowest BCUT2D eigenvalue weighted by Crippen LogP contribution is -2.04. The summed E-state index contributed by atoms with van der Waals surface area (Å²) in [5.41, 5.74) is 7.48. The Morgan fingerprint density at radius 2 is 1.24 bits per heavy atom. The van der Waals surface area contributed by atoms with E-state index in [0.29, 0.717) is 33.0 Å². The lowest BCUT2D eigenvalue weighted by molar-refractivity contribution is 0.107. The summed E-state index contributed by atoms with van der Waals surface area (Å²) in [4.78, 5) is 0. The number of aliphatic hydroxyl groups is 2. The molecule has 1 unspecified atom stereocenters. The van der Waals surface area contributed by atoms with Crippen molar-refractivity contribution < 1.29 is 29.2 Å². The van der Waals surface area contributed by atoms with Crippen LogP contribution in [0.4, 0.5) is 0 Å². The lowest BCUT2D eigenvalue weighted by Gasteiger charge is -2.16. The minimum Gasteiger partial charge on any atom is -0.392 e. The number of benzene rings is 4. The van der Waals surface area contributed by atoms with Gasteiger partial charge >= 0.3 is 0 Å². The molecule has 0 aliphatic heterocycles. The molecular formula is C32H36O6. The van der Waals surface area contributed by atoms with Crippen LogP contribution in [-0.4, -0.2) is 31.5 Å². The van der Waals surface area contributed by atoms with E-state index < -0.39 is 6.10 Å². The first kappa shape index (κ1) is 27.9. The SMILES string of the molecule is COCc1cc(COCc2ccc3c(COC)cc(COC)cc3c2)cc(C(O)c2cccc(CO)c2)c1. The van der Waals surface area contributed by atoms with Gasteiger partial charge in [-0.15, -0.1) is 0 Å². The van der Waals surface area contributed by atoms with E-state index in [-0.39, 0.29) is 6.61 Å². The number of aliphatic hydroxyl groups excluding tert-OH is 2. The smallest absolute Gasteiger partial charge is 0.104 e. The molecule has 0 heterocycles. The van der Waals surface area contributed by atoms with Crippen LogP contribution < -0.4 is 0 Å². The van der Waals surface area contributed by atoms with Gasteiger partial charge in [-0.05, 0) is 67.4 Å². The summed E-state index contributed by atoms with van der Waals surface area (Å²) >= 11 is 0. The van der Waals surface area contributed by atoms with E-state index in [1.54, 1.807) is 21.3 Å². The highest BCUT2D eigenvalue weighted by molar-refractivity contribution is 5.87. The Morgan fingerprint density at radius 3 is 1.95 bits per heavy atom. The van der Waals surface area contributed by atoms with E-state index in [2.05, 4.69) is 30.3 Å². The fourth-order valence-corrected chi connectivity index (χ4v) is 4.80. The van der Waals surface area contributed by atoms with Crippen molar-refractivity contribution in [2.45, 2.75) is 45.7 Å². The highest BCUT2D eigenvalue weighted by Crippen LogP contribution is 2.27. The molecule has 0 spiro atoms. The Hall–Kier alpha value is -3.10. The van der Waals surface area contributed by atoms with Crippen molar-refractivity contribution in [3.63, 3.8) is 0 Å². The molecule has 0 saturated heterocycles. The maximum absolute atomic E-state index is 11.1. The average Bonchev–Trinajstić information content (AvgIpc) is 2.93. The zero-order valence-corrected chi connectivity index (χ0v) is 22.3. The Kier molecular flexibility index (Phi) is 10.0. The van der Waals surface area contributed by atoms with E-state index in [4.69, 9.17) is 18.9 Å². The predicted molar refractivity (Wildman–Crippen MR) is 147 cm³/mol. The van der Waals surface area contributed by atoms with E-state index in [1.807, 2.05) is 42.5 Å². The second-order valence-electron chi connectivity index (χ2n) is 9.49. The molecule has 0 aromatic heterocycles. The van der Waals surface area contributed by atoms with Crippen LogP contribution in [0.25, 0.3) is 10.8 Å². The van der Waals surface area contributed by atoms with Crippen LogP contribution in [0.1, 0.15) is 50.6 Å². The highest BCUT2D eigenvalue weighted by Gasteiger charge is 2.14. The van der Waals surface area contributed by atoms with Crippen molar-refractivity contribution in [1.29, 1.82) is 0 Å². The minimum absolute atomic E-state index is 0.0699. The Bertz CT molecular complexity index is 1350. The quantitative estimate of drug-likeness (QED) is 0.242. The molecule has 4 rings (SSSR count). The molecule has 2 N–H and O–H groups in total. The summed E-state index contributed by atoms with van der Waals surface area (Å²) in [6.45, 7) is 2.30. The largest absolute Gasteiger partial charge is 0.392 e. The number of hydrogen-bond acceptors (Lipinski definition) is 6. The van der Waals surface area contributed by atoms with E-state index in [0.717, 1.165) is 55.3 Å². The molecule has 4 aromatic rings. The van der Waals surface area contributed by atoms with Gasteiger partial charge in [-0.3, -0.25) is 0 Å². The van der Waals surface area contributed by atoms with Crippen molar-refractivity contribution in [3.8, 4) is 0 Å². The van der Waals surface area contributed by atoms with Crippen LogP contribution in [0.2, 0.25) is 0 Å². The first-order valence-electron chi connectivity index (χ1n) is 12.6. The Labute approximate surface area is 224 Å². The summed E-state index contributed by atoms with van der Waals surface area (Å²) in [6, 6.07) is 23.9. The topological polar surface area (TPSA) is 77.4 Å². The average molecular weight is 517 g/mol. The van der Waals surface area contributed by atoms with Crippen molar-refractivity contribution in [2.75, 3.05) is 21.3 Å². The van der Waals surface area contributed by atoms with Crippen LogP contribution in [0, 0.1) is 0 Å². The number of fused-ring (bicyclic) bond motifs is 1. The normalized spacial score (nSPS) is 12.2. The lowest BCUT2D eigenvalue weighted by atomic mass is 9.96. The first-order chi connectivity index (χ1) is 18.5. The molecular weight excluding hydrogens is 480 g/mol. The van der Waals surface area contributed by atoms with Gasteiger partial charge in [-0.1, -0.05) is 60.7 Å². The minimum atomic E-state index is -0.819. The van der Waals surface area contributed by atoms with Crippen LogP contribution in [-0.2, 0) is 58.6 Å². The van der Waals surface area contributed by atoms with Crippen molar-refractivity contribution in [2.24, 2.45) is 0 Å². The van der Waals surface area contributed by atoms with Crippen molar-refractivity contribution >= 4 is 10.8 Å². The van der Waals surface area contributed by atoms with E-state index >= 15 is 0 Å². The molecule has 0 aliphatic carbocycles. The van der Waals surface area contributed by atoms with Gasteiger partial charge in [0.15, 0.2) is 0 Å². The van der Waals surface area contributed by atoms with Crippen LogP contribution in [0.15, 0.2) is 72.8 Å². The van der Waals surface area contributed by atoms with E-state index in [1.165, 1.54) is 0 Å². The fraction of sp³-hybridized carbons (Fsp3) is 0.312. The fourth-order valence-electron chi connectivity index (χ4n) is 4.80. The van der Waals surface area contributed by atoms with Crippen LogP contribution in [0.5, 0.6) is 0 Å². The third-order valence-corrected chi connectivity index (χ3v) is 6.46. The summed E-state index contributed by atoms with van der Waals surface area (Å²) in [6.07, 6.45) is -0.819. The number of ether oxygens (including phenoxy) is 4. The molecule has 0 amide bonds. The maximum Gasteiger partial charge on any atom is 0.104 e. The van der Waals surface area contributed by atoms with Gasteiger partial charge in [0.1, 0.15) is 6.10 Å². The van der Waals surface area contributed by atoms with Crippen molar-refractivity contribution in [3.05, 3.63) is 117 Å². The molecule has 200 valence electrons. The van der Waals surface area contributed by atoms with E-state index in [9.17, 15) is 10.2 Å².